The van der Waals surface area contributed by atoms with Gasteiger partial charge in [0.15, 0.2) is 5.13 Å². The van der Waals surface area contributed by atoms with Crippen LogP contribution in [0.2, 0.25) is 5.02 Å². The van der Waals surface area contributed by atoms with Crippen LogP contribution in [0.3, 0.4) is 0 Å². The predicted octanol–water partition coefficient (Wildman–Crippen LogP) is 5.01. The number of nitrogens with one attached hydrogen (secondary N) is 1. The number of methoxy groups -OCH3 is 1. The van der Waals surface area contributed by atoms with Gasteiger partial charge in [0, 0.05) is 34.9 Å². The number of nitriles is 1. The fraction of sp³-hybridized carbons (Fsp3) is 0.292. The van der Waals surface area contributed by atoms with Crippen LogP contribution in [0.1, 0.15) is 32.9 Å². The quantitative estimate of drug-likeness (QED) is 0.295. The lowest BCUT2D eigenvalue weighted by atomic mass is 10.1. The van der Waals surface area contributed by atoms with E-state index in [1.54, 1.807) is 36.1 Å². The molecule has 0 atom stereocenters. The molecule has 1 aromatic heterocycles. The van der Waals surface area contributed by atoms with Crippen molar-refractivity contribution in [2.24, 2.45) is 0 Å². The number of benzene rings is 2. The summed E-state index contributed by atoms with van der Waals surface area (Å²) in [6.45, 7) is -1.28. The molecule has 0 aliphatic carbocycles. The van der Waals surface area contributed by atoms with Crippen molar-refractivity contribution in [2.45, 2.75) is 26.5 Å². The van der Waals surface area contributed by atoms with E-state index in [0.717, 1.165) is 11.3 Å². The van der Waals surface area contributed by atoms with Gasteiger partial charge in [-0.3, -0.25) is 4.79 Å². The van der Waals surface area contributed by atoms with Gasteiger partial charge in [0.2, 0.25) is 10.0 Å². The number of anilines is 2. The van der Waals surface area contributed by atoms with E-state index in [1.807, 2.05) is 10.8 Å². The van der Waals surface area contributed by atoms with Gasteiger partial charge in [0.25, 0.3) is 5.91 Å². The van der Waals surface area contributed by atoms with Gasteiger partial charge in [-0.05, 0) is 49.7 Å². The molecule has 1 N–H and O–H groups in total. The van der Waals surface area contributed by atoms with Gasteiger partial charge in [0.05, 0.1) is 23.9 Å². The van der Waals surface area contributed by atoms with Crippen LogP contribution in [-0.4, -0.2) is 45.4 Å². The van der Waals surface area contributed by atoms with Crippen molar-refractivity contribution in [1.29, 1.82) is 5.26 Å². The Bertz CT molecular complexity index is 1430. The molecule has 14 heteroatoms. The Hall–Kier alpha value is -3.31. The third-order valence-electron chi connectivity index (χ3n) is 5.12. The predicted molar refractivity (Wildman–Crippen MR) is 140 cm³/mol. The first-order chi connectivity index (χ1) is 18.0. The zero-order valence-electron chi connectivity index (χ0n) is 20.3. The summed E-state index contributed by atoms with van der Waals surface area (Å²) < 4.78 is 62.2. The molecule has 1 heterocycles. The summed E-state index contributed by atoms with van der Waals surface area (Å²) in [5, 5.41) is 9.64. The number of aryl methyl sites for hydroxylation is 1. The van der Waals surface area contributed by atoms with E-state index < -0.39 is 22.5 Å². The summed E-state index contributed by atoms with van der Waals surface area (Å²) in [7, 11) is -2.48. The number of sulfonamides is 1. The van der Waals surface area contributed by atoms with Crippen molar-refractivity contribution >= 4 is 49.7 Å². The first-order valence-corrected chi connectivity index (χ1v) is 13.9. The standard InChI is InChI=1S/C24H23ClF2N4O5S2/c1-15-21(22(32)30-38(33,34)11-3-10-35-2)29-24(37-15)31(19-8-4-16(13-28)5-9-19)14-17-6-7-18(25)12-20(17)36-23(26)27/h4-9,12,23H,3,10-11,14H2,1-2H3,(H,30,32). The molecule has 3 aromatic rings. The third-order valence-corrected chi connectivity index (χ3v) is 7.67. The summed E-state index contributed by atoms with van der Waals surface area (Å²) in [5.41, 5.74) is 1.18. The van der Waals surface area contributed by atoms with Crippen LogP contribution in [0.5, 0.6) is 5.75 Å². The van der Waals surface area contributed by atoms with E-state index in [9.17, 15) is 22.0 Å². The summed E-state index contributed by atoms with van der Waals surface area (Å²) >= 11 is 7.08. The molecule has 9 nitrogen and oxygen atoms in total. The zero-order valence-corrected chi connectivity index (χ0v) is 22.7. The zero-order chi connectivity index (χ0) is 27.9. The lowest BCUT2D eigenvalue weighted by Crippen LogP contribution is -2.33. The first-order valence-electron chi connectivity index (χ1n) is 11.0. The molecule has 0 saturated heterocycles. The summed E-state index contributed by atoms with van der Waals surface area (Å²) in [6, 6.07) is 12.7. The summed E-state index contributed by atoms with van der Waals surface area (Å²) in [5.74, 6) is -1.33. The largest absolute Gasteiger partial charge is 0.434 e. The van der Waals surface area contributed by atoms with Gasteiger partial charge in [-0.15, -0.1) is 11.3 Å². The van der Waals surface area contributed by atoms with Crippen molar-refractivity contribution in [3.63, 3.8) is 0 Å². The minimum Gasteiger partial charge on any atom is -0.434 e. The SMILES string of the molecule is COCCCS(=O)(=O)NC(=O)c1nc(N(Cc2ccc(Cl)cc2OC(F)F)c2ccc(C#N)cc2)sc1C. The number of ether oxygens (including phenoxy) is 2. The van der Waals surface area contributed by atoms with Gasteiger partial charge >= 0.3 is 6.61 Å². The molecule has 0 spiro atoms. The molecule has 1 amide bonds. The Balaban J connectivity index is 1.98. The fourth-order valence-electron chi connectivity index (χ4n) is 3.36. The van der Waals surface area contributed by atoms with Crippen molar-refractivity contribution in [3.05, 3.63) is 69.2 Å². The maximum atomic E-state index is 13.1. The molecule has 0 saturated carbocycles. The number of hydrogen-bond acceptors (Lipinski definition) is 9. The number of thiazole rings is 1. The van der Waals surface area contributed by atoms with E-state index in [0.29, 0.717) is 21.7 Å². The highest BCUT2D eigenvalue weighted by atomic mass is 35.5. The number of carbonyl (C=O) groups excluding carboxylic acids is 1. The maximum absolute atomic E-state index is 13.1. The van der Waals surface area contributed by atoms with Crippen LogP contribution >= 0.6 is 22.9 Å². The fourth-order valence-corrected chi connectivity index (χ4v) is 5.43. The first kappa shape index (κ1) is 29.2. The van der Waals surface area contributed by atoms with E-state index in [4.69, 9.17) is 21.6 Å². The van der Waals surface area contributed by atoms with Crippen molar-refractivity contribution < 1.29 is 31.5 Å². The number of amides is 1. The molecule has 202 valence electrons. The average molecular weight is 585 g/mol. The molecular formula is C24H23ClF2N4O5S2. The van der Waals surface area contributed by atoms with Crippen LogP contribution < -0.4 is 14.4 Å². The highest BCUT2D eigenvalue weighted by Crippen LogP contribution is 2.35. The Kier molecular flexibility index (Phi) is 9.98. The number of carbonyl (C=O) groups is 1. The Labute approximate surface area is 227 Å². The number of hydrogen-bond donors (Lipinski definition) is 1. The maximum Gasteiger partial charge on any atom is 0.387 e. The molecule has 0 aliphatic heterocycles. The molecule has 0 aliphatic rings. The van der Waals surface area contributed by atoms with Crippen LogP contribution in [0, 0.1) is 18.3 Å². The van der Waals surface area contributed by atoms with E-state index in [1.165, 1.54) is 25.3 Å². The second-order valence-corrected chi connectivity index (χ2v) is 11.3. The number of alkyl halides is 2. The molecule has 0 bridgehead atoms. The van der Waals surface area contributed by atoms with Gasteiger partial charge in [-0.1, -0.05) is 17.7 Å². The number of rotatable bonds is 12. The van der Waals surface area contributed by atoms with Crippen LogP contribution in [0.15, 0.2) is 42.5 Å². The number of nitrogens with zero attached hydrogens (tertiary/aromatic N) is 3. The van der Waals surface area contributed by atoms with E-state index >= 15 is 0 Å². The van der Waals surface area contributed by atoms with Crippen LogP contribution in [0.25, 0.3) is 0 Å². The average Bonchev–Trinajstić information content (AvgIpc) is 3.24. The van der Waals surface area contributed by atoms with Gasteiger partial charge in [-0.25, -0.2) is 18.1 Å². The minimum atomic E-state index is -3.92. The van der Waals surface area contributed by atoms with Crippen LogP contribution in [-0.2, 0) is 21.3 Å². The molecule has 0 unspecified atom stereocenters. The van der Waals surface area contributed by atoms with Crippen LogP contribution in [0.4, 0.5) is 19.6 Å². The normalized spacial score (nSPS) is 11.3. The molecule has 3 rings (SSSR count). The topological polar surface area (TPSA) is 122 Å². The summed E-state index contributed by atoms with van der Waals surface area (Å²) in [6.07, 6.45) is 0.205. The Morgan fingerprint density at radius 1 is 1.26 bits per heavy atom. The monoisotopic (exact) mass is 584 g/mol. The molecule has 0 fully saturated rings. The minimum absolute atomic E-state index is 0.0194. The van der Waals surface area contributed by atoms with Gasteiger partial charge in [-0.2, -0.15) is 14.0 Å². The smallest absolute Gasteiger partial charge is 0.387 e. The van der Waals surface area contributed by atoms with Gasteiger partial charge < -0.3 is 14.4 Å². The molecule has 38 heavy (non-hydrogen) atoms. The lowest BCUT2D eigenvalue weighted by molar-refractivity contribution is -0.0504. The van der Waals surface area contributed by atoms with Crippen molar-refractivity contribution in [1.82, 2.24) is 9.71 Å². The molecule has 0 radical (unpaired) electrons. The highest BCUT2D eigenvalue weighted by molar-refractivity contribution is 7.90. The van der Waals surface area contributed by atoms with E-state index in [2.05, 4.69) is 9.72 Å². The highest BCUT2D eigenvalue weighted by Gasteiger charge is 2.25. The Morgan fingerprint density at radius 3 is 2.61 bits per heavy atom. The second kappa shape index (κ2) is 13.0. The Morgan fingerprint density at radius 2 is 1.97 bits per heavy atom. The van der Waals surface area contributed by atoms with Gasteiger partial charge in [0.1, 0.15) is 11.4 Å². The second-order valence-electron chi connectivity index (χ2n) is 7.87. The molecular weight excluding hydrogens is 562 g/mol. The van der Waals surface area contributed by atoms with Crippen molar-refractivity contribution in [3.8, 4) is 11.8 Å². The number of aromatic nitrogens is 1. The lowest BCUT2D eigenvalue weighted by Gasteiger charge is -2.23. The van der Waals surface area contributed by atoms with E-state index in [-0.39, 0.29) is 46.9 Å². The summed E-state index contributed by atoms with van der Waals surface area (Å²) in [4.78, 5) is 19.2. The van der Waals surface area contributed by atoms with Crippen molar-refractivity contribution in [2.75, 3.05) is 24.4 Å². The third kappa shape index (κ3) is 7.84. The number of halogens is 3. The molecule has 2 aromatic carbocycles.